The number of urea groups is 1. The van der Waals surface area contributed by atoms with Crippen molar-refractivity contribution in [2.24, 2.45) is 11.3 Å². The second kappa shape index (κ2) is 6.92. The van der Waals surface area contributed by atoms with E-state index in [2.05, 4.69) is 33.0 Å². The summed E-state index contributed by atoms with van der Waals surface area (Å²) in [6.07, 6.45) is -0.480. The van der Waals surface area contributed by atoms with Gasteiger partial charge in [0.05, 0.1) is 19.1 Å². The molecular weight excluding hydrogens is 260 g/mol. The van der Waals surface area contributed by atoms with Gasteiger partial charge in [0.2, 0.25) is 0 Å². The van der Waals surface area contributed by atoms with E-state index in [1.807, 2.05) is 0 Å². The van der Waals surface area contributed by atoms with Gasteiger partial charge in [0.15, 0.2) is 0 Å². The number of carboxylic acid groups (broad SMARTS) is 1. The van der Waals surface area contributed by atoms with E-state index >= 15 is 0 Å². The summed E-state index contributed by atoms with van der Waals surface area (Å²) >= 11 is 0. The maximum atomic E-state index is 12.1. The lowest BCUT2D eigenvalue weighted by molar-refractivity contribution is -0.141. The molecule has 0 aromatic carbocycles. The summed E-state index contributed by atoms with van der Waals surface area (Å²) in [6, 6.07) is -0.141. The van der Waals surface area contributed by atoms with Crippen molar-refractivity contribution in [3.63, 3.8) is 0 Å². The van der Waals surface area contributed by atoms with Crippen molar-refractivity contribution in [3.05, 3.63) is 0 Å². The fraction of sp³-hybridized carbons (Fsp3) is 0.857. The predicted octanol–water partition coefficient (Wildman–Crippen LogP) is 1.55. The fourth-order valence-electron chi connectivity index (χ4n) is 1.84. The van der Waals surface area contributed by atoms with Crippen molar-refractivity contribution in [1.82, 2.24) is 10.2 Å². The second-order valence-corrected chi connectivity index (χ2v) is 6.34. The molecule has 1 atom stereocenters. The van der Waals surface area contributed by atoms with Crippen molar-refractivity contribution in [1.29, 1.82) is 0 Å². The molecule has 0 aromatic heterocycles. The molecule has 2 amide bonds. The Hall–Kier alpha value is -1.30. The first-order valence-electron chi connectivity index (χ1n) is 7.08. The standard InChI is InChI=1S/C14H26N2O4/c1-10(2)14(3,4)9-15-13(19)16-5-6-20-11(8-16)7-12(17)18/h10-11H,5-9H2,1-4H3,(H,15,19)(H,17,18). The third-order valence-corrected chi connectivity index (χ3v) is 4.09. The van der Waals surface area contributed by atoms with Crippen LogP contribution >= 0.6 is 0 Å². The number of carboxylic acids is 1. The highest BCUT2D eigenvalue weighted by Gasteiger charge is 2.28. The Bertz CT molecular complexity index is 355. The zero-order chi connectivity index (χ0) is 15.3. The van der Waals surface area contributed by atoms with Crippen LogP contribution in [-0.2, 0) is 9.53 Å². The van der Waals surface area contributed by atoms with Crippen molar-refractivity contribution >= 4 is 12.0 Å². The molecule has 1 rings (SSSR count). The summed E-state index contributed by atoms with van der Waals surface area (Å²) in [5.74, 6) is -0.439. The molecule has 20 heavy (non-hydrogen) atoms. The van der Waals surface area contributed by atoms with Gasteiger partial charge in [-0.05, 0) is 11.3 Å². The Kier molecular flexibility index (Phi) is 5.80. The fourth-order valence-corrected chi connectivity index (χ4v) is 1.84. The third-order valence-electron chi connectivity index (χ3n) is 4.09. The highest BCUT2D eigenvalue weighted by Crippen LogP contribution is 2.24. The first-order chi connectivity index (χ1) is 9.22. The Labute approximate surface area is 120 Å². The number of morpholine rings is 1. The molecule has 1 fully saturated rings. The summed E-state index contributed by atoms with van der Waals surface area (Å²) in [6.45, 7) is 10.3. The summed E-state index contributed by atoms with van der Waals surface area (Å²) < 4.78 is 5.35. The molecule has 1 heterocycles. The van der Waals surface area contributed by atoms with Gasteiger partial charge in [-0.3, -0.25) is 4.79 Å². The molecule has 6 heteroatoms. The molecule has 1 saturated heterocycles. The van der Waals surface area contributed by atoms with E-state index in [1.54, 1.807) is 4.90 Å². The minimum absolute atomic E-state index is 0.0302. The van der Waals surface area contributed by atoms with Gasteiger partial charge in [0.1, 0.15) is 0 Å². The van der Waals surface area contributed by atoms with Crippen molar-refractivity contribution in [3.8, 4) is 0 Å². The van der Waals surface area contributed by atoms with Crippen LogP contribution in [0.1, 0.15) is 34.1 Å². The SMILES string of the molecule is CC(C)C(C)(C)CNC(=O)N1CCOC(CC(=O)O)C1. The Morgan fingerprint density at radius 3 is 2.65 bits per heavy atom. The maximum Gasteiger partial charge on any atom is 0.317 e. The van der Waals surface area contributed by atoms with E-state index in [0.717, 1.165) is 0 Å². The number of hydrogen-bond acceptors (Lipinski definition) is 3. The average Bonchev–Trinajstić information content (AvgIpc) is 2.35. The van der Waals surface area contributed by atoms with Gasteiger partial charge >= 0.3 is 12.0 Å². The highest BCUT2D eigenvalue weighted by molar-refractivity contribution is 5.74. The lowest BCUT2D eigenvalue weighted by Gasteiger charge is -2.34. The second-order valence-electron chi connectivity index (χ2n) is 6.34. The van der Waals surface area contributed by atoms with E-state index in [4.69, 9.17) is 9.84 Å². The molecule has 0 radical (unpaired) electrons. The predicted molar refractivity (Wildman–Crippen MR) is 75.6 cm³/mol. The summed E-state index contributed by atoms with van der Waals surface area (Å²) in [5.41, 5.74) is 0.0302. The first-order valence-corrected chi connectivity index (χ1v) is 7.08. The molecule has 6 nitrogen and oxygen atoms in total. The molecule has 0 bridgehead atoms. The number of hydrogen-bond donors (Lipinski definition) is 2. The van der Waals surface area contributed by atoms with Crippen LogP contribution < -0.4 is 5.32 Å². The normalized spacial score (nSPS) is 20.1. The number of ether oxygens (including phenoxy) is 1. The molecule has 0 saturated carbocycles. The van der Waals surface area contributed by atoms with Gasteiger partial charge in [-0.2, -0.15) is 0 Å². The van der Waals surface area contributed by atoms with E-state index in [9.17, 15) is 9.59 Å². The molecule has 1 unspecified atom stereocenters. The van der Waals surface area contributed by atoms with E-state index in [0.29, 0.717) is 32.2 Å². The smallest absolute Gasteiger partial charge is 0.317 e. The van der Waals surface area contributed by atoms with Crippen LogP contribution in [0.2, 0.25) is 0 Å². The molecule has 0 aliphatic carbocycles. The monoisotopic (exact) mass is 286 g/mol. The van der Waals surface area contributed by atoms with Crippen LogP contribution in [-0.4, -0.2) is 54.4 Å². The van der Waals surface area contributed by atoms with Crippen LogP contribution in [0.15, 0.2) is 0 Å². The number of nitrogens with zero attached hydrogens (tertiary/aromatic N) is 1. The zero-order valence-electron chi connectivity index (χ0n) is 12.8. The highest BCUT2D eigenvalue weighted by atomic mass is 16.5. The van der Waals surface area contributed by atoms with Crippen molar-refractivity contribution in [2.45, 2.75) is 40.2 Å². The Balaban J connectivity index is 2.45. The van der Waals surface area contributed by atoms with Gasteiger partial charge in [0, 0.05) is 19.6 Å². The van der Waals surface area contributed by atoms with Crippen LogP contribution in [0.4, 0.5) is 4.79 Å². The number of carbonyl (C=O) groups excluding carboxylic acids is 1. The summed E-state index contributed by atoms with van der Waals surface area (Å²) in [7, 11) is 0. The Morgan fingerprint density at radius 2 is 2.10 bits per heavy atom. The van der Waals surface area contributed by atoms with Gasteiger partial charge in [-0.1, -0.05) is 27.7 Å². The molecular formula is C14H26N2O4. The Morgan fingerprint density at radius 1 is 1.45 bits per heavy atom. The summed E-state index contributed by atoms with van der Waals surface area (Å²) in [4.78, 5) is 24.4. The van der Waals surface area contributed by atoms with Gasteiger partial charge in [0.25, 0.3) is 0 Å². The average molecular weight is 286 g/mol. The van der Waals surface area contributed by atoms with Crippen LogP contribution in [0, 0.1) is 11.3 Å². The number of rotatable bonds is 5. The molecule has 1 aliphatic heterocycles. The number of amides is 2. The number of carbonyl (C=O) groups is 2. The minimum Gasteiger partial charge on any atom is -0.481 e. The molecule has 116 valence electrons. The van der Waals surface area contributed by atoms with E-state index < -0.39 is 12.1 Å². The van der Waals surface area contributed by atoms with Gasteiger partial charge < -0.3 is 20.1 Å². The topological polar surface area (TPSA) is 78.9 Å². The molecule has 2 N–H and O–H groups in total. The summed E-state index contributed by atoms with van der Waals surface area (Å²) in [5, 5.41) is 11.7. The first kappa shape index (κ1) is 16.8. The third kappa shape index (κ3) is 5.00. The maximum absolute atomic E-state index is 12.1. The van der Waals surface area contributed by atoms with Crippen LogP contribution in [0.5, 0.6) is 0 Å². The zero-order valence-corrected chi connectivity index (χ0v) is 12.8. The minimum atomic E-state index is -0.904. The number of aliphatic carboxylic acids is 1. The molecule has 0 aromatic rings. The van der Waals surface area contributed by atoms with Crippen molar-refractivity contribution < 1.29 is 19.4 Å². The van der Waals surface area contributed by atoms with Gasteiger partial charge in [-0.15, -0.1) is 0 Å². The van der Waals surface area contributed by atoms with Crippen molar-refractivity contribution in [2.75, 3.05) is 26.2 Å². The van der Waals surface area contributed by atoms with E-state index in [1.165, 1.54) is 0 Å². The lowest BCUT2D eigenvalue weighted by atomic mass is 9.81. The quantitative estimate of drug-likeness (QED) is 0.804. The molecule has 0 spiro atoms. The lowest BCUT2D eigenvalue weighted by Crippen LogP contribution is -2.51. The largest absolute Gasteiger partial charge is 0.481 e. The van der Waals surface area contributed by atoms with Gasteiger partial charge in [-0.25, -0.2) is 4.79 Å². The van der Waals surface area contributed by atoms with Crippen LogP contribution in [0.25, 0.3) is 0 Å². The molecule has 1 aliphatic rings. The van der Waals surface area contributed by atoms with E-state index in [-0.39, 0.29) is 17.9 Å². The van der Waals surface area contributed by atoms with Crippen LogP contribution in [0.3, 0.4) is 0 Å². The number of nitrogens with one attached hydrogen (secondary N) is 1.